The smallest absolute Gasteiger partial charge is 0.191 e. The molecule has 3 aromatic carbocycles. The molecule has 1 aromatic heterocycles. The number of rotatable bonds is 6. The van der Waals surface area contributed by atoms with Crippen LogP contribution in [0.15, 0.2) is 95.2 Å². The van der Waals surface area contributed by atoms with E-state index in [-0.39, 0.29) is 0 Å². The highest BCUT2D eigenvalue weighted by Gasteiger charge is 2.14. The van der Waals surface area contributed by atoms with E-state index in [2.05, 4.69) is 20.9 Å². The molecule has 0 aliphatic carbocycles. The van der Waals surface area contributed by atoms with Crippen molar-refractivity contribution in [3.8, 4) is 17.0 Å². The van der Waals surface area contributed by atoms with E-state index in [0.717, 1.165) is 16.9 Å². The molecule has 4 rings (SSSR count). The molecule has 31 heavy (non-hydrogen) atoms. The molecule has 8 heteroatoms. The Labute approximate surface area is 189 Å². The maximum Gasteiger partial charge on any atom is 0.191 e. The van der Waals surface area contributed by atoms with Gasteiger partial charge in [-0.25, -0.2) is 4.98 Å². The standard InChI is InChI=1S/C23H19N5OS2/c1-29-19-15-9-8-14-18(19)27-28-21-20(16-10-4-2-5-11-16)25-23(31-21)26-22(30)24-17-12-6-3-7-13-17/h2-15H,1H3,(H2,24,25,26,30). The van der Waals surface area contributed by atoms with Crippen LogP contribution in [0.2, 0.25) is 0 Å². The maximum absolute atomic E-state index is 5.44. The van der Waals surface area contributed by atoms with Crippen molar-refractivity contribution in [2.45, 2.75) is 0 Å². The van der Waals surface area contributed by atoms with Gasteiger partial charge in [0.1, 0.15) is 17.1 Å². The van der Waals surface area contributed by atoms with Crippen molar-refractivity contribution in [3.63, 3.8) is 0 Å². The first-order chi connectivity index (χ1) is 15.2. The number of hydrogen-bond acceptors (Lipinski definition) is 6. The number of nitrogens with one attached hydrogen (secondary N) is 2. The molecule has 0 fully saturated rings. The average molecular weight is 446 g/mol. The second kappa shape index (κ2) is 9.92. The van der Waals surface area contributed by atoms with Crippen molar-refractivity contribution < 1.29 is 4.74 Å². The zero-order valence-corrected chi connectivity index (χ0v) is 18.3. The largest absolute Gasteiger partial charge is 0.494 e. The van der Waals surface area contributed by atoms with Crippen LogP contribution in [0, 0.1) is 0 Å². The molecule has 6 nitrogen and oxygen atoms in total. The van der Waals surface area contributed by atoms with Crippen LogP contribution < -0.4 is 15.4 Å². The fourth-order valence-electron chi connectivity index (χ4n) is 2.81. The van der Waals surface area contributed by atoms with Crippen LogP contribution in [0.4, 0.5) is 21.5 Å². The van der Waals surface area contributed by atoms with E-state index in [1.165, 1.54) is 11.3 Å². The molecule has 154 valence electrons. The zero-order chi connectivity index (χ0) is 21.5. The van der Waals surface area contributed by atoms with Gasteiger partial charge in [0.05, 0.1) is 7.11 Å². The SMILES string of the molecule is COc1ccccc1N=Nc1sc(NC(=S)Nc2ccccc2)nc1-c1ccccc1. The first-order valence-corrected chi connectivity index (χ1v) is 10.7. The first-order valence-electron chi connectivity index (χ1n) is 9.47. The van der Waals surface area contributed by atoms with E-state index in [1.807, 2.05) is 84.9 Å². The Bertz CT molecular complexity index is 1190. The van der Waals surface area contributed by atoms with Crippen molar-refractivity contribution in [2.75, 3.05) is 17.7 Å². The van der Waals surface area contributed by atoms with Crippen molar-refractivity contribution in [1.29, 1.82) is 0 Å². The van der Waals surface area contributed by atoms with Gasteiger partial charge in [-0.05, 0) is 36.5 Å². The number of hydrogen-bond donors (Lipinski definition) is 2. The molecule has 0 aliphatic heterocycles. The first kappa shape index (κ1) is 20.6. The molecule has 0 aliphatic rings. The lowest BCUT2D eigenvalue weighted by atomic mass is 10.2. The predicted molar refractivity (Wildman–Crippen MR) is 131 cm³/mol. The monoisotopic (exact) mass is 445 g/mol. The summed E-state index contributed by atoms with van der Waals surface area (Å²) in [7, 11) is 1.61. The van der Waals surface area contributed by atoms with Gasteiger partial charge in [-0.1, -0.05) is 72.0 Å². The summed E-state index contributed by atoms with van der Waals surface area (Å²) in [5.74, 6) is 0.656. The number of para-hydroxylation sites is 2. The number of thiocarbonyl (C=S) groups is 1. The molecule has 0 atom stereocenters. The molecule has 0 unspecified atom stereocenters. The second-order valence-electron chi connectivity index (χ2n) is 6.36. The maximum atomic E-state index is 5.44. The number of azo groups is 1. The number of anilines is 2. The Hall–Kier alpha value is -3.62. The quantitative estimate of drug-likeness (QED) is 0.246. The van der Waals surface area contributed by atoms with E-state index >= 15 is 0 Å². The number of aromatic nitrogens is 1. The molecular weight excluding hydrogens is 426 g/mol. The number of nitrogens with zero attached hydrogens (tertiary/aromatic N) is 3. The van der Waals surface area contributed by atoms with Crippen LogP contribution in [-0.2, 0) is 0 Å². The summed E-state index contributed by atoms with van der Waals surface area (Å²) in [6.07, 6.45) is 0. The van der Waals surface area contributed by atoms with Crippen LogP contribution in [0.1, 0.15) is 0 Å². The van der Waals surface area contributed by atoms with E-state index in [4.69, 9.17) is 21.9 Å². The lowest BCUT2D eigenvalue weighted by Crippen LogP contribution is -2.18. The van der Waals surface area contributed by atoms with E-state index in [1.54, 1.807) is 7.11 Å². The highest BCUT2D eigenvalue weighted by atomic mass is 32.1. The Morgan fingerprint density at radius 3 is 2.29 bits per heavy atom. The highest BCUT2D eigenvalue weighted by Crippen LogP contribution is 2.39. The minimum Gasteiger partial charge on any atom is -0.494 e. The van der Waals surface area contributed by atoms with Crippen LogP contribution in [0.25, 0.3) is 11.3 Å². The molecule has 0 saturated heterocycles. The fourth-order valence-corrected chi connectivity index (χ4v) is 3.90. The van der Waals surface area contributed by atoms with Crippen LogP contribution >= 0.6 is 23.6 Å². The molecular formula is C23H19N5OS2. The van der Waals surface area contributed by atoms with Gasteiger partial charge >= 0.3 is 0 Å². The lowest BCUT2D eigenvalue weighted by molar-refractivity contribution is 0.416. The second-order valence-corrected chi connectivity index (χ2v) is 7.74. The number of thiazole rings is 1. The average Bonchev–Trinajstić information content (AvgIpc) is 3.21. The van der Waals surface area contributed by atoms with Gasteiger partial charge in [0.25, 0.3) is 0 Å². The Morgan fingerprint density at radius 2 is 1.55 bits per heavy atom. The van der Waals surface area contributed by atoms with Gasteiger partial charge in [0, 0.05) is 11.3 Å². The highest BCUT2D eigenvalue weighted by molar-refractivity contribution is 7.80. The van der Waals surface area contributed by atoms with E-state index in [9.17, 15) is 0 Å². The van der Waals surface area contributed by atoms with Gasteiger partial charge in [0.15, 0.2) is 15.2 Å². The molecule has 0 radical (unpaired) electrons. The fraction of sp³-hybridized carbons (Fsp3) is 0.0435. The third-order valence-electron chi connectivity index (χ3n) is 4.24. The van der Waals surface area contributed by atoms with Gasteiger partial charge in [-0.3, -0.25) is 0 Å². The lowest BCUT2D eigenvalue weighted by Gasteiger charge is -2.07. The molecule has 0 saturated carbocycles. The molecule has 1 heterocycles. The molecule has 0 bridgehead atoms. The third-order valence-corrected chi connectivity index (χ3v) is 5.30. The summed E-state index contributed by atoms with van der Waals surface area (Å²) in [6.45, 7) is 0. The summed E-state index contributed by atoms with van der Waals surface area (Å²) in [5, 5.41) is 16.9. The topological polar surface area (TPSA) is 70.9 Å². The predicted octanol–water partition coefficient (Wildman–Crippen LogP) is 7.04. The van der Waals surface area contributed by atoms with Crippen molar-refractivity contribution in [2.24, 2.45) is 10.2 Å². The summed E-state index contributed by atoms with van der Waals surface area (Å²) in [4.78, 5) is 4.71. The number of methoxy groups -OCH3 is 1. The molecule has 4 aromatic rings. The Balaban J connectivity index is 1.61. The number of ether oxygens (including phenoxy) is 1. The van der Waals surface area contributed by atoms with Crippen molar-refractivity contribution >= 4 is 50.2 Å². The third kappa shape index (κ3) is 5.30. The summed E-state index contributed by atoms with van der Waals surface area (Å²) in [6, 6.07) is 27.1. The minimum atomic E-state index is 0.452. The summed E-state index contributed by atoms with van der Waals surface area (Å²) >= 11 is 6.81. The molecule has 2 N–H and O–H groups in total. The van der Waals surface area contributed by atoms with E-state index in [0.29, 0.717) is 26.7 Å². The van der Waals surface area contributed by atoms with Gasteiger partial charge < -0.3 is 15.4 Å². The molecule has 0 amide bonds. The summed E-state index contributed by atoms with van der Waals surface area (Å²) in [5.41, 5.74) is 3.22. The van der Waals surface area contributed by atoms with Crippen LogP contribution in [-0.4, -0.2) is 17.2 Å². The van der Waals surface area contributed by atoms with Gasteiger partial charge in [-0.2, -0.15) is 0 Å². The molecule has 0 spiro atoms. The van der Waals surface area contributed by atoms with Crippen molar-refractivity contribution in [1.82, 2.24) is 4.98 Å². The van der Waals surface area contributed by atoms with Crippen molar-refractivity contribution in [3.05, 3.63) is 84.9 Å². The van der Waals surface area contributed by atoms with Crippen LogP contribution in [0.5, 0.6) is 5.75 Å². The van der Waals surface area contributed by atoms with Gasteiger partial charge in [0.2, 0.25) is 0 Å². The number of benzene rings is 3. The Kier molecular flexibility index (Phi) is 6.61. The normalized spacial score (nSPS) is 10.7. The minimum absolute atomic E-state index is 0.452. The summed E-state index contributed by atoms with van der Waals surface area (Å²) < 4.78 is 5.36. The van der Waals surface area contributed by atoms with Gasteiger partial charge in [-0.15, -0.1) is 10.2 Å². The van der Waals surface area contributed by atoms with E-state index < -0.39 is 0 Å². The zero-order valence-electron chi connectivity index (χ0n) is 16.6. The van der Waals surface area contributed by atoms with Crippen LogP contribution in [0.3, 0.4) is 0 Å². The Morgan fingerprint density at radius 1 is 0.871 bits per heavy atom.